The van der Waals surface area contributed by atoms with Gasteiger partial charge in [-0.15, -0.1) is 5.10 Å². The van der Waals surface area contributed by atoms with Crippen molar-refractivity contribution in [1.82, 2.24) is 25.0 Å². The zero-order valence-electron chi connectivity index (χ0n) is 15.5. The van der Waals surface area contributed by atoms with E-state index in [-0.39, 0.29) is 17.5 Å². The van der Waals surface area contributed by atoms with Gasteiger partial charge in [-0.25, -0.2) is 19.0 Å². The van der Waals surface area contributed by atoms with Crippen molar-refractivity contribution < 1.29 is 9.18 Å². The van der Waals surface area contributed by atoms with Crippen molar-refractivity contribution >= 4 is 34.5 Å². The molecule has 0 aliphatic carbocycles. The van der Waals surface area contributed by atoms with E-state index in [1.165, 1.54) is 30.2 Å². The molecule has 2 heterocycles. The lowest BCUT2D eigenvalue weighted by molar-refractivity contribution is -0.113. The average Bonchev–Trinajstić information content (AvgIpc) is 3.12. The van der Waals surface area contributed by atoms with Crippen molar-refractivity contribution in [3.05, 3.63) is 71.8 Å². The minimum Gasteiger partial charge on any atom is -0.325 e. The molecule has 146 valence electrons. The highest BCUT2D eigenvalue weighted by Gasteiger charge is 2.14. The van der Waals surface area contributed by atoms with E-state index in [2.05, 4.69) is 25.6 Å². The molecule has 0 saturated heterocycles. The summed E-state index contributed by atoms with van der Waals surface area (Å²) in [6, 6.07) is 13.8. The van der Waals surface area contributed by atoms with Gasteiger partial charge in [0.1, 0.15) is 17.2 Å². The zero-order chi connectivity index (χ0) is 20.2. The number of hydrogen-bond acceptors (Lipinski definition) is 6. The normalized spacial score (nSPS) is 11.0. The molecule has 0 aliphatic heterocycles. The van der Waals surface area contributed by atoms with Crippen molar-refractivity contribution in [2.75, 3.05) is 11.1 Å². The summed E-state index contributed by atoms with van der Waals surface area (Å²) >= 11 is 1.27. The van der Waals surface area contributed by atoms with E-state index in [9.17, 15) is 9.18 Å². The van der Waals surface area contributed by atoms with Crippen LogP contribution < -0.4 is 5.32 Å². The van der Waals surface area contributed by atoms with Crippen LogP contribution in [-0.4, -0.2) is 36.6 Å². The number of carbonyl (C=O) groups is 1. The average molecular weight is 408 g/mol. The number of nitrogens with zero attached hydrogens (tertiary/aromatic N) is 5. The van der Waals surface area contributed by atoms with Gasteiger partial charge < -0.3 is 5.32 Å². The van der Waals surface area contributed by atoms with Gasteiger partial charge in [0.15, 0.2) is 11.2 Å². The molecule has 7 nitrogen and oxygen atoms in total. The number of halogens is 1. The van der Waals surface area contributed by atoms with Gasteiger partial charge in [-0.3, -0.25) is 4.79 Å². The van der Waals surface area contributed by atoms with Gasteiger partial charge in [0, 0.05) is 5.69 Å². The third-order valence-corrected chi connectivity index (χ3v) is 5.13. The number of benzene rings is 2. The topological polar surface area (TPSA) is 85.6 Å². The number of amides is 1. The second-order valence-corrected chi connectivity index (χ2v) is 7.39. The maximum Gasteiger partial charge on any atom is 0.234 e. The molecule has 0 atom stereocenters. The first kappa shape index (κ1) is 19.0. The van der Waals surface area contributed by atoms with Crippen molar-refractivity contribution in [2.24, 2.45) is 0 Å². The summed E-state index contributed by atoms with van der Waals surface area (Å²) in [4.78, 5) is 20.8. The van der Waals surface area contributed by atoms with E-state index in [1.807, 2.05) is 31.2 Å². The van der Waals surface area contributed by atoms with E-state index in [0.29, 0.717) is 22.7 Å². The number of nitrogens with one attached hydrogen (secondary N) is 1. The number of anilines is 1. The monoisotopic (exact) mass is 408 g/mol. The smallest absolute Gasteiger partial charge is 0.234 e. The van der Waals surface area contributed by atoms with Gasteiger partial charge in [0.25, 0.3) is 0 Å². The molecule has 4 aromatic rings. The number of carbonyl (C=O) groups excluding carboxylic acids is 1. The van der Waals surface area contributed by atoms with Gasteiger partial charge in [-0.05, 0) is 42.3 Å². The molecule has 1 N–H and O–H groups in total. The molecule has 0 bridgehead atoms. The Hall–Kier alpha value is -3.33. The second kappa shape index (κ2) is 8.36. The van der Waals surface area contributed by atoms with Crippen LogP contribution in [0, 0.1) is 12.7 Å². The van der Waals surface area contributed by atoms with Crippen molar-refractivity contribution in [3.63, 3.8) is 0 Å². The quantitative estimate of drug-likeness (QED) is 0.389. The van der Waals surface area contributed by atoms with Crippen LogP contribution in [0.3, 0.4) is 0 Å². The fraction of sp³-hybridized carbons (Fsp3) is 0.150. The predicted octanol–water partition coefficient (Wildman–Crippen LogP) is 3.45. The van der Waals surface area contributed by atoms with E-state index < -0.39 is 0 Å². The van der Waals surface area contributed by atoms with Gasteiger partial charge in [0.2, 0.25) is 5.91 Å². The molecule has 0 unspecified atom stereocenters. The molecular formula is C20H17FN6OS. The van der Waals surface area contributed by atoms with Gasteiger partial charge in [0.05, 0.1) is 12.3 Å². The molecule has 0 radical (unpaired) electrons. The minimum atomic E-state index is -0.290. The third kappa shape index (κ3) is 4.57. The van der Waals surface area contributed by atoms with Crippen LogP contribution in [0.5, 0.6) is 0 Å². The largest absolute Gasteiger partial charge is 0.325 e. The van der Waals surface area contributed by atoms with Crippen LogP contribution in [0.2, 0.25) is 0 Å². The second-order valence-electron chi connectivity index (χ2n) is 6.43. The van der Waals surface area contributed by atoms with Crippen LogP contribution in [0.15, 0.2) is 59.9 Å². The van der Waals surface area contributed by atoms with Crippen LogP contribution in [0.25, 0.3) is 11.2 Å². The Balaban J connectivity index is 1.46. The summed E-state index contributed by atoms with van der Waals surface area (Å²) in [6.45, 7) is 2.38. The first-order valence-corrected chi connectivity index (χ1v) is 9.85. The van der Waals surface area contributed by atoms with Crippen molar-refractivity contribution in [1.29, 1.82) is 0 Å². The Labute approximate surface area is 170 Å². The van der Waals surface area contributed by atoms with E-state index >= 15 is 0 Å². The summed E-state index contributed by atoms with van der Waals surface area (Å²) in [5, 5.41) is 11.8. The SMILES string of the molecule is Cc1cccc(NC(=O)CSc2ncnc3c2nnn3Cc2ccc(F)cc2)c1. The molecule has 29 heavy (non-hydrogen) atoms. The number of aryl methyl sites for hydroxylation is 1. The highest BCUT2D eigenvalue weighted by molar-refractivity contribution is 8.00. The maximum atomic E-state index is 13.1. The number of hydrogen-bond donors (Lipinski definition) is 1. The van der Waals surface area contributed by atoms with Gasteiger partial charge in [-0.2, -0.15) is 0 Å². The summed E-state index contributed by atoms with van der Waals surface area (Å²) in [5.41, 5.74) is 3.80. The fourth-order valence-corrected chi connectivity index (χ4v) is 3.53. The highest BCUT2D eigenvalue weighted by atomic mass is 32.2. The summed E-state index contributed by atoms with van der Waals surface area (Å²) in [5.74, 6) is -0.238. The Morgan fingerprint density at radius 1 is 1.17 bits per heavy atom. The highest BCUT2D eigenvalue weighted by Crippen LogP contribution is 2.23. The molecule has 0 aliphatic rings. The summed E-state index contributed by atoms with van der Waals surface area (Å²) < 4.78 is 14.7. The van der Waals surface area contributed by atoms with E-state index in [1.54, 1.807) is 16.8 Å². The molecule has 2 aromatic heterocycles. The first-order chi connectivity index (χ1) is 14.1. The Bertz CT molecular complexity index is 1160. The number of rotatable bonds is 6. The molecule has 0 spiro atoms. The van der Waals surface area contributed by atoms with Crippen molar-refractivity contribution in [2.45, 2.75) is 18.5 Å². The number of thioether (sulfide) groups is 1. The number of aromatic nitrogens is 5. The first-order valence-electron chi connectivity index (χ1n) is 8.86. The van der Waals surface area contributed by atoms with Crippen LogP contribution in [0.4, 0.5) is 10.1 Å². The predicted molar refractivity (Wildman–Crippen MR) is 109 cm³/mol. The van der Waals surface area contributed by atoms with E-state index in [4.69, 9.17) is 0 Å². The lowest BCUT2D eigenvalue weighted by Gasteiger charge is -2.06. The third-order valence-electron chi connectivity index (χ3n) is 4.15. The maximum absolute atomic E-state index is 13.1. The van der Waals surface area contributed by atoms with Crippen LogP contribution in [0.1, 0.15) is 11.1 Å². The van der Waals surface area contributed by atoms with Gasteiger partial charge >= 0.3 is 0 Å². The molecule has 4 rings (SSSR count). The van der Waals surface area contributed by atoms with Crippen molar-refractivity contribution in [3.8, 4) is 0 Å². The Morgan fingerprint density at radius 3 is 2.79 bits per heavy atom. The molecule has 0 saturated carbocycles. The lowest BCUT2D eigenvalue weighted by atomic mass is 10.2. The van der Waals surface area contributed by atoms with Crippen LogP contribution >= 0.6 is 11.8 Å². The minimum absolute atomic E-state index is 0.133. The van der Waals surface area contributed by atoms with Crippen LogP contribution in [-0.2, 0) is 11.3 Å². The molecule has 2 aromatic carbocycles. The molecule has 0 fully saturated rings. The summed E-state index contributed by atoms with van der Waals surface area (Å²) in [6.07, 6.45) is 1.42. The van der Waals surface area contributed by atoms with E-state index in [0.717, 1.165) is 16.8 Å². The summed E-state index contributed by atoms with van der Waals surface area (Å²) in [7, 11) is 0. The molecular weight excluding hydrogens is 391 g/mol. The number of fused-ring (bicyclic) bond motifs is 1. The standard InChI is InChI=1S/C20H17FN6OS/c1-13-3-2-4-16(9-13)24-17(28)11-29-20-18-19(22-12-23-20)27(26-25-18)10-14-5-7-15(21)8-6-14/h2-9,12H,10-11H2,1H3,(H,24,28). The fourth-order valence-electron chi connectivity index (χ4n) is 2.80. The molecule has 9 heteroatoms. The zero-order valence-corrected chi connectivity index (χ0v) is 16.4. The Kier molecular flexibility index (Phi) is 5.48. The van der Waals surface area contributed by atoms with Gasteiger partial charge in [-0.1, -0.05) is 41.2 Å². The molecule has 1 amide bonds. The lowest BCUT2D eigenvalue weighted by Crippen LogP contribution is -2.14. The Morgan fingerprint density at radius 2 is 2.00 bits per heavy atom.